The Morgan fingerprint density at radius 3 is 2.55 bits per heavy atom. The van der Waals surface area contributed by atoms with E-state index in [9.17, 15) is 9.59 Å². The molecule has 1 aromatic carbocycles. The highest BCUT2D eigenvalue weighted by atomic mass is 16.5. The van der Waals surface area contributed by atoms with Crippen LogP contribution in [-0.4, -0.2) is 39.4 Å². The average molecular weight is 281 g/mol. The molecule has 6 nitrogen and oxygen atoms in total. The lowest BCUT2D eigenvalue weighted by molar-refractivity contribution is -0.143. The molecule has 110 valence electrons. The van der Waals surface area contributed by atoms with Gasteiger partial charge in [-0.25, -0.2) is 9.59 Å². The molecule has 0 aliphatic rings. The standard InChI is InChI=1S/C14H19NO5/c1-18-11-6-4-5-10(9-11)7-8-12(13(16)19-2)15-14(17)20-3/h4-6,9,12H,7-8H2,1-3H3,(H,15,17)/t12-/m0/s1. The Morgan fingerprint density at radius 1 is 1.20 bits per heavy atom. The first-order chi connectivity index (χ1) is 9.60. The Labute approximate surface area is 118 Å². The topological polar surface area (TPSA) is 73.9 Å². The van der Waals surface area contributed by atoms with Crippen LogP contribution >= 0.6 is 0 Å². The van der Waals surface area contributed by atoms with Gasteiger partial charge in [-0.15, -0.1) is 0 Å². The van der Waals surface area contributed by atoms with Gasteiger partial charge in [-0.2, -0.15) is 0 Å². The summed E-state index contributed by atoms with van der Waals surface area (Å²) in [7, 11) is 4.11. The van der Waals surface area contributed by atoms with Crippen molar-refractivity contribution in [1.29, 1.82) is 0 Å². The van der Waals surface area contributed by atoms with Crippen molar-refractivity contribution < 1.29 is 23.8 Å². The molecule has 0 aliphatic heterocycles. The highest BCUT2D eigenvalue weighted by molar-refractivity contribution is 5.81. The molecule has 0 radical (unpaired) electrons. The summed E-state index contributed by atoms with van der Waals surface area (Å²) in [6.07, 6.45) is 0.349. The number of hydrogen-bond donors (Lipinski definition) is 1. The summed E-state index contributed by atoms with van der Waals surface area (Å²) in [5, 5.41) is 2.45. The van der Waals surface area contributed by atoms with Crippen LogP contribution in [0.4, 0.5) is 4.79 Å². The van der Waals surface area contributed by atoms with E-state index in [1.54, 1.807) is 7.11 Å². The lowest BCUT2D eigenvalue weighted by Crippen LogP contribution is -2.41. The van der Waals surface area contributed by atoms with E-state index >= 15 is 0 Å². The Bertz CT molecular complexity index is 461. The van der Waals surface area contributed by atoms with Gasteiger partial charge in [0.15, 0.2) is 0 Å². The minimum Gasteiger partial charge on any atom is -0.497 e. The third-order valence-corrected chi connectivity index (χ3v) is 2.82. The average Bonchev–Trinajstić information content (AvgIpc) is 2.50. The molecule has 1 rings (SSSR count). The lowest BCUT2D eigenvalue weighted by Gasteiger charge is -2.15. The largest absolute Gasteiger partial charge is 0.497 e. The monoisotopic (exact) mass is 281 g/mol. The summed E-state index contributed by atoms with van der Waals surface area (Å²) < 4.78 is 14.3. The summed E-state index contributed by atoms with van der Waals surface area (Å²) >= 11 is 0. The lowest BCUT2D eigenvalue weighted by atomic mass is 10.1. The smallest absolute Gasteiger partial charge is 0.407 e. The first-order valence-electron chi connectivity index (χ1n) is 6.16. The summed E-state index contributed by atoms with van der Waals surface area (Å²) in [5.74, 6) is 0.247. The van der Waals surface area contributed by atoms with Crippen molar-refractivity contribution >= 4 is 12.1 Å². The normalized spacial score (nSPS) is 11.3. The van der Waals surface area contributed by atoms with Gasteiger partial charge in [0.1, 0.15) is 11.8 Å². The Morgan fingerprint density at radius 2 is 1.95 bits per heavy atom. The van der Waals surface area contributed by atoms with Crippen molar-refractivity contribution in [3.05, 3.63) is 29.8 Å². The second kappa shape index (κ2) is 8.04. The van der Waals surface area contributed by atoms with Crippen LogP contribution in [0.3, 0.4) is 0 Å². The number of nitrogens with one attached hydrogen (secondary N) is 1. The van der Waals surface area contributed by atoms with Crippen LogP contribution in [0.2, 0.25) is 0 Å². The highest BCUT2D eigenvalue weighted by Crippen LogP contribution is 2.14. The third kappa shape index (κ3) is 4.79. The zero-order valence-corrected chi connectivity index (χ0v) is 11.8. The number of carbonyl (C=O) groups is 2. The van der Waals surface area contributed by atoms with E-state index in [0.29, 0.717) is 12.8 Å². The van der Waals surface area contributed by atoms with Crippen molar-refractivity contribution in [3.8, 4) is 5.75 Å². The maximum Gasteiger partial charge on any atom is 0.407 e. The van der Waals surface area contributed by atoms with Crippen LogP contribution in [0, 0.1) is 0 Å². The van der Waals surface area contributed by atoms with Crippen LogP contribution in [0.1, 0.15) is 12.0 Å². The fourth-order valence-electron chi connectivity index (χ4n) is 1.73. The molecule has 0 saturated carbocycles. The van der Waals surface area contributed by atoms with Crippen LogP contribution in [0.25, 0.3) is 0 Å². The van der Waals surface area contributed by atoms with Gasteiger partial charge in [-0.3, -0.25) is 0 Å². The molecule has 6 heteroatoms. The van der Waals surface area contributed by atoms with Gasteiger partial charge in [0.25, 0.3) is 0 Å². The molecule has 1 N–H and O–H groups in total. The van der Waals surface area contributed by atoms with Gasteiger partial charge >= 0.3 is 12.1 Å². The fourth-order valence-corrected chi connectivity index (χ4v) is 1.73. The maximum absolute atomic E-state index is 11.6. The van der Waals surface area contributed by atoms with Gasteiger partial charge in [-0.1, -0.05) is 12.1 Å². The molecule has 0 spiro atoms. The minimum atomic E-state index is -0.737. The second-order valence-electron chi connectivity index (χ2n) is 4.10. The summed E-state index contributed by atoms with van der Waals surface area (Å²) in [6, 6.07) is 6.78. The second-order valence-corrected chi connectivity index (χ2v) is 4.10. The first-order valence-corrected chi connectivity index (χ1v) is 6.16. The van der Waals surface area contributed by atoms with Gasteiger partial charge < -0.3 is 19.5 Å². The van der Waals surface area contributed by atoms with Crippen LogP contribution < -0.4 is 10.1 Å². The van der Waals surface area contributed by atoms with Gasteiger partial charge in [0.05, 0.1) is 21.3 Å². The molecular formula is C14H19NO5. The first kappa shape index (κ1) is 15.8. The number of methoxy groups -OCH3 is 3. The molecule has 0 unspecified atom stereocenters. The molecule has 0 bridgehead atoms. The van der Waals surface area contributed by atoms with Crippen LogP contribution in [0.5, 0.6) is 5.75 Å². The third-order valence-electron chi connectivity index (χ3n) is 2.82. The summed E-state index contributed by atoms with van der Waals surface area (Å²) in [5.41, 5.74) is 1.00. The van der Waals surface area contributed by atoms with Crippen LogP contribution in [-0.2, 0) is 20.7 Å². The molecule has 0 heterocycles. The molecule has 0 aromatic heterocycles. The SMILES string of the molecule is COC(=O)N[C@@H](CCc1cccc(OC)c1)C(=O)OC. The van der Waals surface area contributed by atoms with Crippen molar-refractivity contribution in [3.63, 3.8) is 0 Å². The Balaban J connectivity index is 2.65. The quantitative estimate of drug-likeness (QED) is 0.800. The van der Waals surface area contributed by atoms with Gasteiger partial charge in [0, 0.05) is 0 Å². The number of alkyl carbamates (subject to hydrolysis) is 1. The number of carbonyl (C=O) groups excluding carboxylic acids is 2. The summed E-state index contributed by atoms with van der Waals surface area (Å²) in [6.45, 7) is 0. The van der Waals surface area contributed by atoms with Gasteiger partial charge in [-0.05, 0) is 30.5 Å². The number of benzene rings is 1. The van der Waals surface area contributed by atoms with Gasteiger partial charge in [0.2, 0.25) is 0 Å². The van der Waals surface area contributed by atoms with E-state index in [2.05, 4.69) is 14.8 Å². The number of aryl methyl sites for hydroxylation is 1. The molecule has 1 atom stereocenters. The molecule has 0 saturated heterocycles. The number of esters is 1. The highest BCUT2D eigenvalue weighted by Gasteiger charge is 2.21. The van der Waals surface area contributed by atoms with Crippen molar-refractivity contribution in [1.82, 2.24) is 5.32 Å². The predicted molar refractivity (Wildman–Crippen MR) is 72.7 cm³/mol. The molecule has 1 aromatic rings. The van der Waals surface area contributed by atoms with Crippen LogP contribution in [0.15, 0.2) is 24.3 Å². The molecule has 0 fully saturated rings. The maximum atomic E-state index is 11.6. The van der Waals surface area contributed by atoms with E-state index < -0.39 is 18.1 Å². The van der Waals surface area contributed by atoms with Crippen molar-refractivity contribution in [2.45, 2.75) is 18.9 Å². The number of hydrogen-bond acceptors (Lipinski definition) is 5. The minimum absolute atomic E-state index is 0.412. The number of ether oxygens (including phenoxy) is 3. The Hall–Kier alpha value is -2.24. The van der Waals surface area contributed by atoms with E-state index in [1.165, 1.54) is 14.2 Å². The number of rotatable bonds is 6. The number of amides is 1. The van der Waals surface area contributed by atoms with Crippen molar-refractivity contribution in [2.24, 2.45) is 0 Å². The predicted octanol–water partition coefficient (Wildman–Crippen LogP) is 1.53. The van der Waals surface area contributed by atoms with E-state index in [0.717, 1.165) is 11.3 Å². The summed E-state index contributed by atoms with van der Waals surface area (Å²) in [4.78, 5) is 22.8. The zero-order chi connectivity index (χ0) is 15.0. The molecular weight excluding hydrogens is 262 g/mol. The Kier molecular flexibility index (Phi) is 6.36. The fraction of sp³-hybridized carbons (Fsp3) is 0.429. The molecule has 0 aliphatic carbocycles. The van der Waals surface area contributed by atoms with E-state index in [-0.39, 0.29) is 0 Å². The van der Waals surface area contributed by atoms with E-state index in [1.807, 2.05) is 24.3 Å². The van der Waals surface area contributed by atoms with Crippen molar-refractivity contribution in [2.75, 3.05) is 21.3 Å². The molecule has 1 amide bonds. The molecule has 20 heavy (non-hydrogen) atoms. The zero-order valence-electron chi connectivity index (χ0n) is 11.8. The van der Waals surface area contributed by atoms with E-state index in [4.69, 9.17) is 4.74 Å².